The zero-order valence-electron chi connectivity index (χ0n) is 26.8. The fourth-order valence-electron chi connectivity index (χ4n) is 5.58. The molecule has 0 unspecified atom stereocenters. The van der Waals surface area contributed by atoms with Crippen molar-refractivity contribution in [3.8, 4) is 0 Å². The van der Waals surface area contributed by atoms with Crippen LogP contribution < -0.4 is 5.32 Å². The molecule has 254 valence electrons. The number of fused-ring (bicyclic) bond motifs is 1. The number of hydrogen-bond donors (Lipinski definition) is 1. The van der Waals surface area contributed by atoms with Gasteiger partial charge in [0.25, 0.3) is 5.91 Å². The Morgan fingerprint density at radius 3 is 1.90 bits per heavy atom. The second-order valence-corrected chi connectivity index (χ2v) is 12.5. The molecule has 1 fully saturated rings. The molecule has 0 aliphatic carbocycles. The molecule has 1 aliphatic rings. The Labute approximate surface area is 295 Å². The average Bonchev–Trinajstić information content (AvgIpc) is 3.76. The van der Waals surface area contributed by atoms with Crippen molar-refractivity contribution in [2.45, 2.75) is 23.7 Å². The van der Waals surface area contributed by atoms with E-state index in [4.69, 9.17) is 14.2 Å². The molecule has 13 heteroatoms. The van der Waals surface area contributed by atoms with Crippen LogP contribution >= 0.6 is 11.8 Å². The molecule has 4 aromatic carbocycles. The summed E-state index contributed by atoms with van der Waals surface area (Å²) in [4.78, 5) is 66.4. The maximum absolute atomic E-state index is 13.7. The third-order valence-electron chi connectivity index (χ3n) is 8.08. The van der Waals surface area contributed by atoms with Crippen molar-refractivity contribution in [2.24, 2.45) is 0 Å². The highest BCUT2D eigenvalue weighted by Gasteiger charge is 2.50. The van der Waals surface area contributed by atoms with E-state index in [1.165, 1.54) is 12.7 Å². The molecule has 1 amide bonds. The molecule has 51 heavy (non-hydrogen) atoms. The number of ether oxygens (including phenoxy) is 3. The van der Waals surface area contributed by atoms with Gasteiger partial charge in [-0.25, -0.2) is 24.5 Å². The van der Waals surface area contributed by atoms with Crippen molar-refractivity contribution in [1.82, 2.24) is 19.5 Å². The van der Waals surface area contributed by atoms with Crippen molar-refractivity contribution in [3.63, 3.8) is 0 Å². The second kappa shape index (κ2) is 15.2. The molecule has 6 aromatic rings. The third-order valence-corrected chi connectivity index (χ3v) is 9.37. The van der Waals surface area contributed by atoms with Crippen molar-refractivity contribution < 1.29 is 33.4 Å². The maximum Gasteiger partial charge on any atom is 0.338 e. The second-order valence-electron chi connectivity index (χ2n) is 11.4. The Hall–Kier alpha value is -6.18. The van der Waals surface area contributed by atoms with Crippen molar-refractivity contribution in [2.75, 3.05) is 11.9 Å². The summed E-state index contributed by atoms with van der Waals surface area (Å²) in [7, 11) is 0. The Balaban J connectivity index is 1.25. The molecule has 1 saturated heterocycles. The molecule has 7 rings (SSSR count). The van der Waals surface area contributed by atoms with Gasteiger partial charge in [0.15, 0.2) is 29.3 Å². The summed E-state index contributed by atoms with van der Waals surface area (Å²) in [6.07, 6.45) is -0.414. The van der Waals surface area contributed by atoms with E-state index >= 15 is 0 Å². The number of rotatable bonds is 10. The van der Waals surface area contributed by atoms with Gasteiger partial charge in [-0.1, -0.05) is 96.7 Å². The normalized spacial score (nSPS) is 18.2. The summed E-state index contributed by atoms with van der Waals surface area (Å²) in [5.74, 6) is -1.47. The summed E-state index contributed by atoms with van der Waals surface area (Å²) in [5.41, 5.74) is 2.00. The monoisotopic (exact) mass is 699 g/mol. The number of thioether (sulfide) groups is 1. The van der Waals surface area contributed by atoms with Gasteiger partial charge in [-0.05, 0) is 36.4 Å². The molecule has 0 saturated carbocycles. The van der Waals surface area contributed by atoms with Gasteiger partial charge >= 0.3 is 11.9 Å². The van der Waals surface area contributed by atoms with Gasteiger partial charge in [-0.2, -0.15) is 0 Å². The summed E-state index contributed by atoms with van der Waals surface area (Å²) >= 11 is 0.921. The minimum Gasteiger partial charge on any atom is -0.459 e. The summed E-state index contributed by atoms with van der Waals surface area (Å²) in [5, 5.41) is 1.63. The number of benzene rings is 4. The molecule has 2 aromatic heterocycles. The number of imidazole rings is 1. The highest BCUT2D eigenvalue weighted by Crippen LogP contribution is 2.42. The lowest BCUT2D eigenvalue weighted by atomic mass is 10.1. The third kappa shape index (κ3) is 7.39. The lowest BCUT2D eigenvalue weighted by Crippen LogP contribution is -2.36. The van der Waals surface area contributed by atoms with Gasteiger partial charge in [0.05, 0.1) is 22.7 Å². The van der Waals surface area contributed by atoms with E-state index in [2.05, 4.69) is 20.3 Å². The zero-order chi connectivity index (χ0) is 35.2. The number of esters is 2. The first-order chi connectivity index (χ1) is 25.0. The number of nitrogens with zero attached hydrogens (tertiary/aromatic N) is 4. The van der Waals surface area contributed by atoms with Crippen LogP contribution in [0.25, 0.3) is 11.2 Å². The number of amides is 1. The van der Waals surface area contributed by atoms with Crippen LogP contribution in [-0.2, 0) is 14.2 Å². The summed E-state index contributed by atoms with van der Waals surface area (Å²) in [6.45, 7) is -0.261. The van der Waals surface area contributed by atoms with Crippen LogP contribution in [0.2, 0.25) is 0 Å². The van der Waals surface area contributed by atoms with Crippen LogP contribution in [0.1, 0.15) is 47.7 Å². The van der Waals surface area contributed by atoms with Crippen LogP contribution in [0, 0.1) is 0 Å². The molecule has 4 atom stereocenters. The highest BCUT2D eigenvalue weighted by atomic mass is 32.2. The van der Waals surface area contributed by atoms with E-state index in [0.29, 0.717) is 16.7 Å². The molecular formula is C38H29N5O7S. The molecule has 3 heterocycles. The van der Waals surface area contributed by atoms with Crippen LogP contribution in [0.15, 0.2) is 134 Å². The highest BCUT2D eigenvalue weighted by molar-refractivity contribution is 8.14. The largest absolute Gasteiger partial charge is 0.459 e. The number of carbonyl (C=O) groups excluding carboxylic acids is 4. The Morgan fingerprint density at radius 1 is 0.706 bits per heavy atom. The summed E-state index contributed by atoms with van der Waals surface area (Å²) in [6, 6.07) is 34.2. The smallest absolute Gasteiger partial charge is 0.338 e. The van der Waals surface area contributed by atoms with Crippen molar-refractivity contribution in [1.29, 1.82) is 0 Å². The quantitative estimate of drug-likeness (QED) is 0.168. The fourth-order valence-corrected chi connectivity index (χ4v) is 6.72. The lowest BCUT2D eigenvalue weighted by molar-refractivity contribution is -0.0594. The fraction of sp³-hybridized carbons (Fsp3) is 0.132. The molecule has 0 radical (unpaired) electrons. The van der Waals surface area contributed by atoms with Gasteiger partial charge in [-0.3, -0.25) is 14.2 Å². The molecule has 1 aliphatic heterocycles. The molecular weight excluding hydrogens is 671 g/mol. The van der Waals surface area contributed by atoms with Crippen LogP contribution in [-0.4, -0.2) is 66.5 Å². The van der Waals surface area contributed by atoms with Gasteiger partial charge < -0.3 is 19.5 Å². The number of carbonyl (C=O) groups is 4. The van der Waals surface area contributed by atoms with Crippen LogP contribution in [0.4, 0.5) is 5.82 Å². The van der Waals surface area contributed by atoms with Gasteiger partial charge in [0.1, 0.15) is 19.0 Å². The summed E-state index contributed by atoms with van der Waals surface area (Å²) < 4.78 is 20.0. The van der Waals surface area contributed by atoms with Crippen molar-refractivity contribution in [3.05, 3.63) is 156 Å². The predicted molar refractivity (Wildman–Crippen MR) is 188 cm³/mol. The lowest BCUT2D eigenvalue weighted by Gasteiger charge is -2.24. The number of aromatic nitrogens is 4. The standard InChI is InChI=1S/C38H29N5O7S/c44-34(24-13-5-1-6-14-24)42-32-29-33(40-22-39-32)43(23-41-29)35-30(50-37(46)26-17-9-3-10-18-26)31(51-38(47)27-19-11-4-12-20-27)28(49-35)21-48-36(45)25-15-7-2-8-16-25/h1-20,22-23,28,30-31,35H,21H2,(H,39,40,42,44)/t28-,30+,31+,35-/m0/s1. The molecule has 12 nitrogen and oxygen atoms in total. The van der Waals surface area contributed by atoms with E-state index in [1.54, 1.807) is 126 Å². The van der Waals surface area contributed by atoms with Gasteiger partial charge in [0.2, 0.25) is 5.12 Å². The van der Waals surface area contributed by atoms with E-state index in [-0.39, 0.29) is 34.3 Å². The van der Waals surface area contributed by atoms with Crippen LogP contribution in [0.5, 0.6) is 0 Å². The zero-order valence-corrected chi connectivity index (χ0v) is 27.6. The first-order valence-corrected chi connectivity index (χ1v) is 16.8. The topological polar surface area (TPSA) is 152 Å². The Bertz CT molecular complexity index is 2170. The van der Waals surface area contributed by atoms with E-state index in [1.807, 2.05) is 0 Å². The minimum absolute atomic E-state index is 0.155. The van der Waals surface area contributed by atoms with Gasteiger partial charge in [-0.15, -0.1) is 0 Å². The predicted octanol–water partition coefficient (Wildman–Crippen LogP) is 6.00. The SMILES string of the molecule is O=C(Nc1ncnc2c1ncn2[C@H]1O[C@@H](COC(=O)c2ccccc2)[C@@H](SC(=O)c2ccccc2)[C@H]1OC(=O)c1ccccc1)c1ccccc1. The minimum atomic E-state index is -1.11. The van der Waals surface area contributed by atoms with E-state index in [9.17, 15) is 19.2 Å². The van der Waals surface area contributed by atoms with Crippen LogP contribution in [0.3, 0.4) is 0 Å². The Morgan fingerprint density at radius 2 is 1.27 bits per heavy atom. The molecule has 1 N–H and O–H groups in total. The first kappa shape index (κ1) is 33.3. The average molecular weight is 700 g/mol. The van der Waals surface area contributed by atoms with E-state index < -0.39 is 41.5 Å². The van der Waals surface area contributed by atoms with Gasteiger partial charge in [0, 0.05) is 11.1 Å². The maximum atomic E-state index is 13.7. The van der Waals surface area contributed by atoms with Crippen molar-refractivity contribution >= 4 is 51.7 Å². The Kier molecular flexibility index (Phi) is 9.90. The number of hydrogen-bond acceptors (Lipinski definition) is 11. The first-order valence-electron chi connectivity index (χ1n) is 15.9. The molecule has 0 spiro atoms. The van der Waals surface area contributed by atoms with E-state index in [0.717, 1.165) is 11.8 Å². The number of nitrogens with one attached hydrogen (secondary N) is 1. The number of anilines is 1. The molecule has 0 bridgehead atoms.